The number of rotatable bonds is 1. The monoisotopic (exact) mass is 283 g/mol. The third kappa shape index (κ3) is 1.96. The summed E-state index contributed by atoms with van der Waals surface area (Å²) < 4.78 is 0. The fourth-order valence-corrected chi connectivity index (χ4v) is 2.54. The van der Waals surface area contributed by atoms with E-state index in [2.05, 4.69) is 24.6 Å². The van der Waals surface area contributed by atoms with Gasteiger partial charge in [0.1, 0.15) is 11.7 Å². The second kappa shape index (κ2) is 4.69. The average molecular weight is 284 g/mol. The number of hydrogen-bond acceptors (Lipinski definition) is 3. The molecule has 2 aromatic rings. The van der Waals surface area contributed by atoms with Crippen LogP contribution in [-0.2, 0) is 0 Å². The van der Waals surface area contributed by atoms with Crippen molar-refractivity contribution in [1.29, 1.82) is 0 Å². The number of halogens is 1. The van der Waals surface area contributed by atoms with Crippen LogP contribution in [0.3, 0.4) is 0 Å². The van der Waals surface area contributed by atoms with Crippen molar-refractivity contribution in [3.8, 4) is 0 Å². The summed E-state index contributed by atoms with van der Waals surface area (Å²) >= 11 is 6.13. The molecule has 3 rings (SSSR count). The Hall–Kier alpha value is -2.26. The Morgan fingerprint density at radius 1 is 1.15 bits per heavy atom. The van der Waals surface area contributed by atoms with Crippen LogP contribution in [0.5, 0.6) is 0 Å². The van der Waals surface area contributed by atoms with Crippen LogP contribution < -0.4 is 10.6 Å². The zero-order chi connectivity index (χ0) is 14.3. The van der Waals surface area contributed by atoms with E-state index < -0.39 is 0 Å². The van der Waals surface area contributed by atoms with Crippen molar-refractivity contribution in [2.45, 2.75) is 6.92 Å². The van der Waals surface area contributed by atoms with Crippen molar-refractivity contribution < 1.29 is 0 Å². The highest BCUT2D eigenvalue weighted by Crippen LogP contribution is 2.38. The quantitative estimate of drug-likeness (QED) is 0.860. The van der Waals surface area contributed by atoms with Gasteiger partial charge in [-0.2, -0.15) is 0 Å². The molecule has 0 bridgehead atoms. The molecule has 1 heterocycles. The van der Waals surface area contributed by atoms with Crippen LogP contribution in [0.4, 0.5) is 11.4 Å². The number of nitrogens with two attached hydrogens (primary N) is 1. The summed E-state index contributed by atoms with van der Waals surface area (Å²) in [5.74, 6) is 1.05. The summed E-state index contributed by atoms with van der Waals surface area (Å²) in [6, 6.07) is 13.7. The van der Waals surface area contributed by atoms with Crippen LogP contribution >= 0.6 is 11.6 Å². The first kappa shape index (κ1) is 12.8. The molecule has 0 saturated heterocycles. The molecule has 0 atom stereocenters. The van der Waals surface area contributed by atoms with E-state index in [4.69, 9.17) is 17.3 Å². The van der Waals surface area contributed by atoms with Gasteiger partial charge in [0.15, 0.2) is 0 Å². The number of aryl methyl sites for hydroxylation is 1. The summed E-state index contributed by atoms with van der Waals surface area (Å²) in [5, 5.41) is 0.657. The molecule has 0 amide bonds. The number of amidine groups is 1. The number of para-hydroxylation sites is 1. The van der Waals surface area contributed by atoms with Crippen LogP contribution in [0.1, 0.15) is 11.1 Å². The largest absolute Gasteiger partial charge is 0.383 e. The first-order valence-corrected chi connectivity index (χ1v) is 6.64. The smallest absolute Gasteiger partial charge is 0.135 e. The molecule has 0 radical (unpaired) electrons. The SMILES string of the molecule is C=C1N=C(N)c2ccc(Cl)cc2N1c1ccccc1C. The van der Waals surface area contributed by atoms with E-state index in [0.29, 0.717) is 16.7 Å². The van der Waals surface area contributed by atoms with Crippen molar-refractivity contribution in [2.24, 2.45) is 10.7 Å². The van der Waals surface area contributed by atoms with Gasteiger partial charge in [0.05, 0.1) is 11.4 Å². The van der Waals surface area contributed by atoms with Crippen molar-refractivity contribution in [1.82, 2.24) is 0 Å². The molecule has 100 valence electrons. The van der Waals surface area contributed by atoms with Gasteiger partial charge in [0, 0.05) is 10.6 Å². The Bertz CT molecular complexity index is 734. The molecule has 20 heavy (non-hydrogen) atoms. The Kier molecular flexibility index (Phi) is 2.99. The van der Waals surface area contributed by atoms with E-state index in [1.807, 2.05) is 41.3 Å². The van der Waals surface area contributed by atoms with Crippen LogP contribution in [0.25, 0.3) is 0 Å². The highest BCUT2D eigenvalue weighted by Gasteiger charge is 2.24. The summed E-state index contributed by atoms with van der Waals surface area (Å²) in [6.45, 7) is 6.06. The van der Waals surface area contributed by atoms with Crippen molar-refractivity contribution in [3.63, 3.8) is 0 Å². The van der Waals surface area contributed by atoms with Crippen LogP contribution in [0.2, 0.25) is 5.02 Å². The van der Waals surface area contributed by atoms with Gasteiger partial charge in [0.2, 0.25) is 0 Å². The van der Waals surface area contributed by atoms with E-state index in [1.165, 1.54) is 0 Å². The Morgan fingerprint density at radius 2 is 1.90 bits per heavy atom. The molecule has 0 spiro atoms. The predicted octanol–water partition coefficient (Wildman–Crippen LogP) is 3.98. The maximum atomic E-state index is 6.13. The molecule has 3 nitrogen and oxygen atoms in total. The van der Waals surface area contributed by atoms with Crippen LogP contribution in [0, 0.1) is 6.92 Å². The lowest BCUT2D eigenvalue weighted by atomic mass is 10.1. The van der Waals surface area contributed by atoms with E-state index >= 15 is 0 Å². The van der Waals surface area contributed by atoms with E-state index in [9.17, 15) is 0 Å². The molecule has 0 fully saturated rings. The lowest BCUT2D eigenvalue weighted by Crippen LogP contribution is -2.27. The Labute approximate surface area is 123 Å². The fourth-order valence-electron chi connectivity index (χ4n) is 2.38. The third-order valence-corrected chi connectivity index (χ3v) is 3.58. The average Bonchev–Trinajstić information content (AvgIpc) is 2.40. The molecule has 2 N–H and O–H groups in total. The maximum Gasteiger partial charge on any atom is 0.135 e. The standard InChI is InChI=1S/C16H14ClN3/c1-10-5-3-4-6-14(10)20-11(2)19-16(18)13-8-7-12(17)9-15(13)20/h3-9H,2H2,1H3,(H2,18,19). The number of benzene rings is 2. The molecule has 0 unspecified atom stereocenters. The lowest BCUT2D eigenvalue weighted by molar-refractivity contribution is 1.09. The van der Waals surface area contributed by atoms with Gasteiger partial charge in [-0.3, -0.25) is 4.90 Å². The Morgan fingerprint density at radius 3 is 2.65 bits per heavy atom. The van der Waals surface area contributed by atoms with Gasteiger partial charge < -0.3 is 5.73 Å². The van der Waals surface area contributed by atoms with Crippen molar-refractivity contribution >= 4 is 28.8 Å². The van der Waals surface area contributed by atoms with Gasteiger partial charge >= 0.3 is 0 Å². The second-order valence-corrected chi connectivity index (χ2v) is 5.13. The van der Waals surface area contributed by atoms with E-state index in [0.717, 1.165) is 22.5 Å². The third-order valence-electron chi connectivity index (χ3n) is 3.34. The first-order chi connectivity index (χ1) is 9.58. The van der Waals surface area contributed by atoms with Gasteiger partial charge in [0.25, 0.3) is 0 Å². The second-order valence-electron chi connectivity index (χ2n) is 4.70. The zero-order valence-corrected chi connectivity index (χ0v) is 11.9. The Balaban J connectivity index is 2.25. The molecule has 4 heteroatoms. The maximum absolute atomic E-state index is 6.13. The van der Waals surface area contributed by atoms with E-state index in [-0.39, 0.29) is 0 Å². The highest BCUT2D eigenvalue weighted by molar-refractivity contribution is 6.31. The summed E-state index contributed by atoms with van der Waals surface area (Å²) in [5.41, 5.74) is 9.92. The van der Waals surface area contributed by atoms with Crippen LogP contribution in [0.15, 0.2) is 59.9 Å². The topological polar surface area (TPSA) is 41.6 Å². The summed E-state index contributed by atoms with van der Waals surface area (Å²) in [7, 11) is 0. The van der Waals surface area contributed by atoms with Crippen LogP contribution in [-0.4, -0.2) is 5.84 Å². The molecule has 0 saturated carbocycles. The van der Waals surface area contributed by atoms with Crippen molar-refractivity contribution in [3.05, 3.63) is 71.0 Å². The lowest BCUT2D eigenvalue weighted by Gasteiger charge is -2.31. The number of aliphatic imine (C=N–C) groups is 1. The van der Waals surface area contributed by atoms with Gasteiger partial charge in [-0.25, -0.2) is 4.99 Å². The zero-order valence-electron chi connectivity index (χ0n) is 11.1. The minimum absolute atomic E-state index is 0.464. The van der Waals surface area contributed by atoms with Gasteiger partial charge in [-0.15, -0.1) is 0 Å². The number of nitrogens with zero attached hydrogens (tertiary/aromatic N) is 2. The summed E-state index contributed by atoms with van der Waals surface area (Å²) in [6.07, 6.45) is 0. The first-order valence-electron chi connectivity index (χ1n) is 6.26. The molecule has 2 aromatic carbocycles. The minimum atomic E-state index is 0.464. The van der Waals surface area contributed by atoms with Crippen molar-refractivity contribution in [2.75, 3.05) is 4.90 Å². The molecular weight excluding hydrogens is 270 g/mol. The molecular formula is C16H14ClN3. The molecule has 1 aliphatic heterocycles. The molecule has 0 aromatic heterocycles. The normalized spacial score (nSPS) is 14.0. The summed E-state index contributed by atoms with van der Waals surface area (Å²) in [4.78, 5) is 6.31. The fraction of sp³-hybridized carbons (Fsp3) is 0.0625. The number of fused-ring (bicyclic) bond motifs is 1. The number of anilines is 2. The van der Waals surface area contributed by atoms with E-state index in [1.54, 1.807) is 0 Å². The predicted molar refractivity (Wildman–Crippen MR) is 84.6 cm³/mol. The molecule has 1 aliphatic rings. The minimum Gasteiger partial charge on any atom is -0.383 e. The molecule has 0 aliphatic carbocycles. The number of hydrogen-bond donors (Lipinski definition) is 1. The highest BCUT2D eigenvalue weighted by atomic mass is 35.5. The van der Waals surface area contributed by atoms with Gasteiger partial charge in [-0.1, -0.05) is 36.4 Å². The van der Waals surface area contributed by atoms with Gasteiger partial charge in [-0.05, 0) is 36.8 Å².